The zero-order chi connectivity index (χ0) is 69.0. The molecule has 0 amide bonds. The number of rotatable bonds is 77. The van der Waals surface area contributed by atoms with Gasteiger partial charge in [-0.25, -0.2) is 4.79 Å². The lowest BCUT2D eigenvalue weighted by molar-refractivity contribution is -0.870. The largest absolute Gasteiger partial charge is 0.477 e. The maximum absolute atomic E-state index is 13.0. The normalized spacial score (nSPS) is 13.0. The molecule has 0 aromatic heterocycles. The van der Waals surface area contributed by atoms with Crippen molar-refractivity contribution in [3.05, 3.63) is 72.9 Å². The van der Waals surface area contributed by atoms with Crippen LogP contribution in [0.4, 0.5) is 0 Å². The first kappa shape index (κ1) is 91.7. The highest BCUT2D eigenvalue weighted by Crippen LogP contribution is 2.20. The van der Waals surface area contributed by atoms with E-state index in [4.69, 9.17) is 18.9 Å². The number of quaternary nitrogens is 1. The molecule has 0 aliphatic rings. The standard InChI is InChI=1S/C86H157NO8/c1-6-8-10-12-14-16-18-20-22-24-26-28-30-32-34-36-38-40-41-42-43-45-46-48-50-52-54-56-58-60-62-64-66-68-70-72-74-76-83(88)93-80-82(81-94-86(85(90)91)92-79-78-87(3,4)5)95-84(89)77-75-73-71-69-67-65-63-61-59-57-55-53-51-49-47-44-39-37-35-33-31-29-27-25-23-21-19-17-15-13-11-9-7-2/h9,11,15,17,21,23-24,26-27,29,33,35,82,86H,6-8,10,12-14,16,18-20,22,25,28,30-32,34,36-81H2,1-5H3/p+1/b11-9-,17-15-,23-21-,26-24-,29-27-,35-33-. The van der Waals surface area contributed by atoms with E-state index in [9.17, 15) is 19.5 Å². The molecule has 0 rings (SSSR count). The quantitative estimate of drug-likeness (QED) is 0.0211. The van der Waals surface area contributed by atoms with Crippen molar-refractivity contribution < 1.29 is 42.9 Å². The Labute approximate surface area is 589 Å². The van der Waals surface area contributed by atoms with Gasteiger partial charge >= 0.3 is 17.9 Å². The first-order chi connectivity index (χ1) is 46.6. The van der Waals surface area contributed by atoms with Crippen molar-refractivity contribution in [2.75, 3.05) is 47.5 Å². The lowest BCUT2D eigenvalue weighted by Gasteiger charge is -2.25. The third-order valence-corrected chi connectivity index (χ3v) is 18.4. The van der Waals surface area contributed by atoms with E-state index in [-0.39, 0.29) is 38.2 Å². The number of aliphatic carboxylic acids is 1. The SMILES string of the molecule is CC/C=C\C/C=C\C/C=C\C/C=C\C/C=C\CCCCCCCCCCCCCCCCCCCC(=O)OC(COC(=O)CCCCCCCCCCCCCCCCCCCCCCCCCCC/C=C\CCCCCCCCCC)COC(OCC[N+](C)(C)C)C(=O)O. The molecule has 9 nitrogen and oxygen atoms in total. The fourth-order valence-corrected chi connectivity index (χ4v) is 12.2. The van der Waals surface area contributed by atoms with Crippen LogP contribution in [0.1, 0.15) is 399 Å². The molecule has 0 radical (unpaired) electrons. The van der Waals surface area contributed by atoms with Gasteiger partial charge in [0, 0.05) is 12.8 Å². The fourth-order valence-electron chi connectivity index (χ4n) is 12.2. The molecule has 554 valence electrons. The summed E-state index contributed by atoms with van der Waals surface area (Å²) < 4.78 is 23.1. The maximum atomic E-state index is 13.0. The Morgan fingerprint density at radius 2 is 0.600 bits per heavy atom. The van der Waals surface area contributed by atoms with Crippen LogP contribution in [0.3, 0.4) is 0 Å². The van der Waals surface area contributed by atoms with Crippen LogP contribution in [0.25, 0.3) is 0 Å². The summed E-state index contributed by atoms with van der Waals surface area (Å²) in [7, 11) is 6.00. The summed E-state index contributed by atoms with van der Waals surface area (Å²) in [6, 6.07) is 0. The molecule has 0 spiro atoms. The molecule has 95 heavy (non-hydrogen) atoms. The number of allylic oxidation sites excluding steroid dienone is 12. The van der Waals surface area contributed by atoms with Gasteiger partial charge in [-0.1, -0.05) is 376 Å². The molecular formula is C86H158NO8+. The number of hydrogen-bond acceptors (Lipinski definition) is 7. The van der Waals surface area contributed by atoms with Gasteiger partial charge in [0.05, 0.1) is 34.4 Å². The molecule has 0 bridgehead atoms. The third kappa shape index (κ3) is 77.9. The second-order valence-corrected chi connectivity index (χ2v) is 29.1. The molecule has 0 heterocycles. The Morgan fingerprint density at radius 1 is 0.326 bits per heavy atom. The van der Waals surface area contributed by atoms with Crippen molar-refractivity contribution in [1.29, 1.82) is 0 Å². The minimum Gasteiger partial charge on any atom is -0.477 e. The van der Waals surface area contributed by atoms with Gasteiger partial charge in [-0.3, -0.25) is 9.59 Å². The third-order valence-electron chi connectivity index (χ3n) is 18.4. The number of carbonyl (C=O) groups is 3. The Hall–Kier alpha value is -3.27. The molecule has 0 aromatic rings. The highest BCUT2D eigenvalue weighted by molar-refractivity contribution is 5.71. The number of carboxylic acids is 1. The van der Waals surface area contributed by atoms with E-state index in [1.54, 1.807) is 0 Å². The average molecular weight is 1330 g/mol. The van der Waals surface area contributed by atoms with Gasteiger partial charge < -0.3 is 28.5 Å². The molecule has 2 atom stereocenters. The van der Waals surface area contributed by atoms with Gasteiger partial charge in [0.15, 0.2) is 6.10 Å². The lowest BCUT2D eigenvalue weighted by Crippen LogP contribution is -2.40. The summed E-state index contributed by atoms with van der Waals surface area (Å²) >= 11 is 0. The number of carboxylic acid groups (broad SMARTS) is 1. The highest BCUT2D eigenvalue weighted by Gasteiger charge is 2.25. The van der Waals surface area contributed by atoms with Gasteiger partial charge in [-0.15, -0.1) is 0 Å². The van der Waals surface area contributed by atoms with Crippen molar-refractivity contribution in [3.8, 4) is 0 Å². The maximum Gasteiger partial charge on any atom is 0.361 e. The minimum absolute atomic E-state index is 0.178. The van der Waals surface area contributed by atoms with E-state index < -0.39 is 18.4 Å². The number of nitrogens with zero attached hydrogens (tertiary/aromatic N) is 1. The summed E-state index contributed by atoms with van der Waals surface area (Å²) in [6.07, 6.45) is 101. The Morgan fingerprint density at radius 3 is 0.905 bits per heavy atom. The Balaban J connectivity index is 3.97. The van der Waals surface area contributed by atoms with E-state index in [2.05, 4.69) is 86.8 Å². The summed E-state index contributed by atoms with van der Waals surface area (Å²) in [5.74, 6) is -1.98. The van der Waals surface area contributed by atoms with Gasteiger partial charge in [-0.05, 0) is 83.5 Å². The predicted octanol–water partition coefficient (Wildman–Crippen LogP) is 26.4. The number of esters is 2. The van der Waals surface area contributed by atoms with Crippen LogP contribution in [0.5, 0.6) is 0 Å². The number of likely N-dealkylation sites (N-methyl/N-ethyl adjacent to an activating group) is 1. The summed E-state index contributed by atoms with van der Waals surface area (Å²) in [5, 5.41) is 9.78. The van der Waals surface area contributed by atoms with Crippen molar-refractivity contribution in [2.24, 2.45) is 0 Å². The van der Waals surface area contributed by atoms with E-state index in [0.29, 0.717) is 17.4 Å². The number of unbranched alkanes of at least 4 members (excludes halogenated alkanes) is 50. The average Bonchev–Trinajstić information content (AvgIpc) is 3.75. The van der Waals surface area contributed by atoms with Gasteiger partial charge in [0.1, 0.15) is 13.2 Å². The van der Waals surface area contributed by atoms with Crippen LogP contribution >= 0.6 is 0 Å². The molecule has 0 aliphatic carbocycles. The molecule has 9 heteroatoms. The van der Waals surface area contributed by atoms with E-state index in [1.807, 2.05) is 21.1 Å². The number of carbonyl (C=O) groups excluding carboxylic acids is 2. The first-order valence-electron chi connectivity index (χ1n) is 41.1. The van der Waals surface area contributed by atoms with Crippen molar-refractivity contribution in [1.82, 2.24) is 0 Å². The monoisotopic (exact) mass is 1330 g/mol. The summed E-state index contributed by atoms with van der Waals surface area (Å²) in [5.41, 5.74) is 0. The second kappa shape index (κ2) is 76.5. The van der Waals surface area contributed by atoms with Crippen LogP contribution in [-0.4, -0.2) is 87.4 Å². The van der Waals surface area contributed by atoms with Crippen LogP contribution in [-0.2, 0) is 33.3 Å². The first-order valence-corrected chi connectivity index (χ1v) is 41.1. The Kier molecular flexibility index (Phi) is 73.9. The molecule has 1 N–H and O–H groups in total. The van der Waals surface area contributed by atoms with Crippen LogP contribution in [0, 0.1) is 0 Å². The van der Waals surface area contributed by atoms with Crippen molar-refractivity contribution in [2.45, 2.75) is 411 Å². The zero-order valence-corrected chi connectivity index (χ0v) is 63.6. The number of ether oxygens (including phenoxy) is 4. The molecule has 0 saturated carbocycles. The lowest BCUT2D eigenvalue weighted by atomic mass is 10.0. The summed E-state index contributed by atoms with van der Waals surface area (Å²) in [6.45, 7) is 4.83. The highest BCUT2D eigenvalue weighted by atomic mass is 16.7. The van der Waals surface area contributed by atoms with Gasteiger partial charge in [0.25, 0.3) is 6.29 Å². The predicted molar refractivity (Wildman–Crippen MR) is 410 cm³/mol. The second-order valence-electron chi connectivity index (χ2n) is 29.1. The van der Waals surface area contributed by atoms with E-state index in [1.165, 1.54) is 302 Å². The Bertz CT molecular complexity index is 1790. The van der Waals surface area contributed by atoms with Crippen LogP contribution in [0.15, 0.2) is 72.9 Å². The number of hydrogen-bond donors (Lipinski definition) is 1. The molecule has 0 saturated heterocycles. The smallest absolute Gasteiger partial charge is 0.361 e. The van der Waals surface area contributed by atoms with Crippen LogP contribution < -0.4 is 0 Å². The van der Waals surface area contributed by atoms with Gasteiger partial charge in [0.2, 0.25) is 0 Å². The topological polar surface area (TPSA) is 108 Å². The van der Waals surface area contributed by atoms with E-state index in [0.717, 1.165) is 70.6 Å². The fraction of sp³-hybridized carbons (Fsp3) is 0.826. The van der Waals surface area contributed by atoms with Crippen molar-refractivity contribution in [3.63, 3.8) is 0 Å². The molecule has 0 aliphatic heterocycles. The zero-order valence-electron chi connectivity index (χ0n) is 63.6. The van der Waals surface area contributed by atoms with E-state index >= 15 is 0 Å². The molecule has 0 fully saturated rings. The molecule has 0 aromatic carbocycles. The van der Waals surface area contributed by atoms with Gasteiger partial charge in [-0.2, -0.15) is 0 Å². The summed E-state index contributed by atoms with van der Waals surface area (Å²) in [4.78, 5) is 37.8. The molecule has 2 unspecified atom stereocenters. The minimum atomic E-state index is -1.51. The molecular weight excluding hydrogens is 1170 g/mol. The van der Waals surface area contributed by atoms with Crippen molar-refractivity contribution >= 4 is 17.9 Å². The van der Waals surface area contributed by atoms with Crippen LogP contribution in [0.2, 0.25) is 0 Å².